The molecule has 2 aliphatic rings. The SMILES string of the molecule is Fc1cc(N2CC[C@H]3CNC[C@H]3C2)cnc1Cl. The highest BCUT2D eigenvalue weighted by Gasteiger charge is 2.32. The Bertz CT molecular complexity index is 426. The first-order chi connectivity index (χ1) is 8.24. The number of nitrogens with one attached hydrogen (secondary N) is 1. The maximum atomic E-state index is 13.4. The van der Waals surface area contributed by atoms with Crippen LogP contribution in [0.1, 0.15) is 6.42 Å². The van der Waals surface area contributed by atoms with Gasteiger partial charge in [-0.25, -0.2) is 9.37 Å². The number of nitrogens with zero attached hydrogens (tertiary/aromatic N) is 2. The summed E-state index contributed by atoms with van der Waals surface area (Å²) < 4.78 is 13.4. The Balaban J connectivity index is 1.78. The molecule has 2 fully saturated rings. The van der Waals surface area contributed by atoms with Crippen molar-refractivity contribution in [1.82, 2.24) is 10.3 Å². The van der Waals surface area contributed by atoms with Crippen LogP contribution in [-0.2, 0) is 0 Å². The number of halogens is 2. The number of rotatable bonds is 1. The maximum absolute atomic E-state index is 13.4. The number of pyridine rings is 1. The predicted molar refractivity (Wildman–Crippen MR) is 65.9 cm³/mol. The number of anilines is 1. The van der Waals surface area contributed by atoms with Gasteiger partial charge in [0.05, 0.1) is 11.9 Å². The molecule has 1 N–H and O–H groups in total. The van der Waals surface area contributed by atoms with Crippen LogP contribution in [0.5, 0.6) is 0 Å². The van der Waals surface area contributed by atoms with E-state index < -0.39 is 5.82 Å². The first-order valence-corrected chi connectivity index (χ1v) is 6.38. The van der Waals surface area contributed by atoms with E-state index in [1.807, 2.05) is 0 Å². The summed E-state index contributed by atoms with van der Waals surface area (Å²) in [5.74, 6) is 1.04. The second-order valence-electron chi connectivity index (χ2n) is 4.88. The first kappa shape index (κ1) is 11.2. The molecule has 2 aliphatic heterocycles. The van der Waals surface area contributed by atoms with Gasteiger partial charge in [0.25, 0.3) is 0 Å². The zero-order chi connectivity index (χ0) is 11.8. The van der Waals surface area contributed by atoms with E-state index in [9.17, 15) is 4.39 Å². The fourth-order valence-corrected chi connectivity index (χ4v) is 2.96. The van der Waals surface area contributed by atoms with Crippen molar-refractivity contribution < 1.29 is 4.39 Å². The molecule has 2 saturated heterocycles. The lowest BCUT2D eigenvalue weighted by Crippen LogP contribution is -2.40. The zero-order valence-corrected chi connectivity index (χ0v) is 10.3. The molecule has 0 spiro atoms. The molecule has 0 saturated carbocycles. The number of piperidine rings is 1. The van der Waals surface area contributed by atoms with E-state index in [2.05, 4.69) is 15.2 Å². The first-order valence-electron chi connectivity index (χ1n) is 6.01. The van der Waals surface area contributed by atoms with E-state index in [0.29, 0.717) is 5.92 Å². The van der Waals surface area contributed by atoms with Crippen LogP contribution in [0.25, 0.3) is 0 Å². The third kappa shape index (κ3) is 2.11. The summed E-state index contributed by atoms with van der Waals surface area (Å²) in [5, 5.41) is 3.37. The molecule has 3 rings (SSSR count). The summed E-state index contributed by atoms with van der Waals surface area (Å²) in [4.78, 5) is 6.08. The van der Waals surface area contributed by atoms with Gasteiger partial charge >= 0.3 is 0 Å². The van der Waals surface area contributed by atoms with Crippen LogP contribution in [0.15, 0.2) is 12.3 Å². The molecule has 3 heterocycles. The van der Waals surface area contributed by atoms with Gasteiger partial charge in [0.1, 0.15) is 0 Å². The third-order valence-corrected chi connectivity index (χ3v) is 4.13. The van der Waals surface area contributed by atoms with Gasteiger partial charge in [-0.1, -0.05) is 11.6 Å². The maximum Gasteiger partial charge on any atom is 0.164 e. The fourth-order valence-electron chi connectivity index (χ4n) is 2.85. The second kappa shape index (κ2) is 4.42. The van der Waals surface area contributed by atoms with Crippen LogP contribution in [-0.4, -0.2) is 31.2 Å². The molecule has 0 bridgehead atoms. The largest absolute Gasteiger partial charge is 0.370 e. The summed E-state index contributed by atoms with van der Waals surface area (Å²) >= 11 is 5.59. The van der Waals surface area contributed by atoms with Gasteiger partial charge in [-0.3, -0.25) is 0 Å². The Morgan fingerprint density at radius 2 is 2.24 bits per heavy atom. The highest BCUT2D eigenvalue weighted by molar-refractivity contribution is 6.29. The Morgan fingerprint density at radius 1 is 1.41 bits per heavy atom. The molecule has 92 valence electrons. The summed E-state index contributed by atoms with van der Waals surface area (Å²) in [5.41, 5.74) is 0.845. The van der Waals surface area contributed by atoms with E-state index in [0.717, 1.165) is 37.8 Å². The lowest BCUT2D eigenvalue weighted by Gasteiger charge is -2.35. The van der Waals surface area contributed by atoms with E-state index >= 15 is 0 Å². The van der Waals surface area contributed by atoms with Crippen molar-refractivity contribution in [3.8, 4) is 0 Å². The van der Waals surface area contributed by atoms with E-state index in [1.165, 1.54) is 12.5 Å². The topological polar surface area (TPSA) is 28.2 Å². The van der Waals surface area contributed by atoms with Gasteiger partial charge in [-0.05, 0) is 31.3 Å². The fraction of sp³-hybridized carbons (Fsp3) is 0.583. The van der Waals surface area contributed by atoms with Crippen molar-refractivity contribution in [3.63, 3.8) is 0 Å². The Labute approximate surface area is 105 Å². The quantitative estimate of drug-likeness (QED) is 0.778. The van der Waals surface area contributed by atoms with Crippen LogP contribution in [0.3, 0.4) is 0 Å². The molecule has 1 aromatic heterocycles. The van der Waals surface area contributed by atoms with E-state index in [1.54, 1.807) is 6.20 Å². The molecule has 1 aromatic rings. The summed E-state index contributed by atoms with van der Waals surface area (Å²) in [6.07, 6.45) is 2.83. The number of hydrogen-bond acceptors (Lipinski definition) is 3. The minimum Gasteiger partial charge on any atom is -0.370 e. The van der Waals surface area contributed by atoms with E-state index in [-0.39, 0.29) is 5.15 Å². The normalized spacial score (nSPS) is 28.2. The van der Waals surface area contributed by atoms with Crippen LogP contribution in [0.4, 0.5) is 10.1 Å². The summed E-state index contributed by atoms with van der Waals surface area (Å²) in [7, 11) is 0. The molecule has 0 aliphatic carbocycles. The molecular formula is C12H15ClFN3. The summed E-state index contributed by atoms with van der Waals surface area (Å²) in [6, 6.07) is 1.48. The molecule has 5 heteroatoms. The van der Waals surface area contributed by atoms with Crippen LogP contribution < -0.4 is 10.2 Å². The van der Waals surface area contributed by atoms with Gasteiger partial charge in [0.2, 0.25) is 0 Å². The minimum absolute atomic E-state index is 0.0498. The van der Waals surface area contributed by atoms with Gasteiger partial charge in [-0.15, -0.1) is 0 Å². The molecule has 0 unspecified atom stereocenters. The number of fused-ring (bicyclic) bond motifs is 1. The second-order valence-corrected chi connectivity index (χ2v) is 5.24. The Morgan fingerprint density at radius 3 is 3.06 bits per heavy atom. The highest BCUT2D eigenvalue weighted by atomic mass is 35.5. The smallest absolute Gasteiger partial charge is 0.164 e. The van der Waals surface area contributed by atoms with Crippen molar-refractivity contribution in [1.29, 1.82) is 0 Å². The van der Waals surface area contributed by atoms with Gasteiger partial charge in [-0.2, -0.15) is 0 Å². The molecule has 0 radical (unpaired) electrons. The van der Waals surface area contributed by atoms with Crippen molar-refractivity contribution in [3.05, 3.63) is 23.2 Å². The lowest BCUT2D eigenvalue weighted by molar-refractivity contribution is 0.348. The van der Waals surface area contributed by atoms with E-state index in [4.69, 9.17) is 11.6 Å². The average molecular weight is 256 g/mol. The van der Waals surface area contributed by atoms with Crippen molar-refractivity contribution in [2.45, 2.75) is 6.42 Å². The molecule has 17 heavy (non-hydrogen) atoms. The number of hydrogen-bond donors (Lipinski definition) is 1. The van der Waals surface area contributed by atoms with Gasteiger partial charge < -0.3 is 10.2 Å². The monoisotopic (exact) mass is 255 g/mol. The summed E-state index contributed by atoms with van der Waals surface area (Å²) in [6.45, 7) is 4.17. The molecule has 0 aromatic carbocycles. The average Bonchev–Trinajstić information content (AvgIpc) is 2.79. The van der Waals surface area contributed by atoms with Crippen molar-refractivity contribution in [2.24, 2.45) is 11.8 Å². The molecular weight excluding hydrogens is 241 g/mol. The molecule has 0 amide bonds. The van der Waals surface area contributed by atoms with Crippen molar-refractivity contribution in [2.75, 3.05) is 31.1 Å². The Kier molecular flexibility index (Phi) is 2.92. The van der Waals surface area contributed by atoms with Gasteiger partial charge in [0, 0.05) is 19.2 Å². The highest BCUT2D eigenvalue weighted by Crippen LogP contribution is 2.30. The van der Waals surface area contributed by atoms with Gasteiger partial charge in [0.15, 0.2) is 11.0 Å². The number of aromatic nitrogens is 1. The van der Waals surface area contributed by atoms with Crippen LogP contribution in [0, 0.1) is 17.7 Å². The predicted octanol–water partition coefficient (Wildman–Crippen LogP) is 1.92. The van der Waals surface area contributed by atoms with Crippen LogP contribution in [0.2, 0.25) is 5.15 Å². The lowest BCUT2D eigenvalue weighted by atomic mass is 9.88. The zero-order valence-electron chi connectivity index (χ0n) is 9.50. The molecule has 2 atom stereocenters. The van der Waals surface area contributed by atoms with Crippen molar-refractivity contribution >= 4 is 17.3 Å². The standard InChI is InChI=1S/C12H15ClFN3/c13-12-11(14)3-10(6-16-12)17-2-1-8-4-15-5-9(8)7-17/h3,6,8-9,15H,1-2,4-5,7H2/t8-,9-/m0/s1. The minimum atomic E-state index is -0.434. The Hall–Kier alpha value is -0.870. The molecule has 3 nitrogen and oxygen atoms in total. The third-order valence-electron chi connectivity index (χ3n) is 3.85. The van der Waals surface area contributed by atoms with Crippen LogP contribution >= 0.6 is 11.6 Å².